The Hall–Kier alpha value is -1.77. The fourth-order valence-corrected chi connectivity index (χ4v) is 4.64. The van der Waals surface area contributed by atoms with Gasteiger partial charge in [-0.1, -0.05) is 6.07 Å². The van der Waals surface area contributed by atoms with Crippen LogP contribution in [0, 0.1) is 0 Å². The lowest BCUT2D eigenvalue weighted by atomic mass is 10.0. The number of aryl methyl sites for hydroxylation is 1. The molecule has 2 aromatic heterocycles. The predicted molar refractivity (Wildman–Crippen MR) is 84.2 cm³/mol. The van der Waals surface area contributed by atoms with Crippen LogP contribution in [0.4, 0.5) is 0 Å². The van der Waals surface area contributed by atoms with Gasteiger partial charge in [-0.05, 0) is 24.5 Å². The summed E-state index contributed by atoms with van der Waals surface area (Å²) >= 11 is 0. The third-order valence-electron chi connectivity index (χ3n) is 4.16. The summed E-state index contributed by atoms with van der Waals surface area (Å²) in [6, 6.07) is 3.55. The van der Waals surface area contributed by atoms with Gasteiger partial charge >= 0.3 is 0 Å². The summed E-state index contributed by atoms with van der Waals surface area (Å²) in [4.78, 5) is 8.11. The second kappa shape index (κ2) is 6.38. The average molecular weight is 336 g/mol. The number of sulfonamides is 1. The van der Waals surface area contributed by atoms with Crippen LogP contribution in [0.3, 0.4) is 0 Å². The number of pyridine rings is 1. The minimum atomic E-state index is -3.63. The Balaban J connectivity index is 1.90. The number of nitrogens with zero attached hydrogens (tertiary/aromatic N) is 4. The maximum Gasteiger partial charge on any atom is 0.262 e. The topological polar surface area (TPSA) is 77.3 Å². The van der Waals surface area contributed by atoms with E-state index >= 15 is 0 Å². The fourth-order valence-electron chi connectivity index (χ4n) is 3.01. The molecule has 2 aromatic rings. The second-order valence-corrected chi connectivity index (χ2v) is 7.53. The van der Waals surface area contributed by atoms with Crippen molar-refractivity contribution < 1.29 is 13.2 Å². The molecular formula is C15H20N4O3S. The van der Waals surface area contributed by atoms with Crippen molar-refractivity contribution in [3.8, 4) is 0 Å². The van der Waals surface area contributed by atoms with Crippen molar-refractivity contribution in [1.82, 2.24) is 18.8 Å². The lowest BCUT2D eigenvalue weighted by Crippen LogP contribution is -2.41. The molecule has 0 aliphatic carbocycles. The molecule has 1 aliphatic rings. The molecule has 0 amide bonds. The predicted octanol–water partition coefficient (Wildman–Crippen LogP) is 0.836. The molecule has 3 heterocycles. The fraction of sp³-hybridized carbons (Fsp3) is 0.467. The molecular weight excluding hydrogens is 316 g/mol. The Morgan fingerprint density at radius 2 is 2.26 bits per heavy atom. The van der Waals surface area contributed by atoms with Gasteiger partial charge in [0.05, 0.1) is 18.5 Å². The van der Waals surface area contributed by atoms with E-state index in [0.29, 0.717) is 19.4 Å². The summed E-state index contributed by atoms with van der Waals surface area (Å²) in [6.07, 6.45) is 7.59. The first kappa shape index (κ1) is 16.1. The molecule has 1 fully saturated rings. The van der Waals surface area contributed by atoms with Gasteiger partial charge in [0.25, 0.3) is 10.0 Å². The van der Waals surface area contributed by atoms with Crippen LogP contribution in [0.1, 0.15) is 12.0 Å². The van der Waals surface area contributed by atoms with Gasteiger partial charge in [0.2, 0.25) is 0 Å². The van der Waals surface area contributed by atoms with Crippen molar-refractivity contribution in [2.24, 2.45) is 7.05 Å². The highest BCUT2D eigenvalue weighted by Gasteiger charge is 2.42. The largest absolute Gasteiger partial charge is 0.380 e. The van der Waals surface area contributed by atoms with Gasteiger partial charge in [-0.15, -0.1) is 0 Å². The number of ether oxygens (including phenoxy) is 1. The minimum Gasteiger partial charge on any atom is -0.380 e. The molecule has 0 radical (unpaired) electrons. The van der Waals surface area contributed by atoms with Gasteiger partial charge in [0.15, 0.2) is 5.03 Å². The Morgan fingerprint density at radius 3 is 2.87 bits per heavy atom. The van der Waals surface area contributed by atoms with Crippen molar-refractivity contribution in [3.63, 3.8) is 0 Å². The number of imidazole rings is 1. The monoisotopic (exact) mass is 336 g/mol. The highest BCUT2D eigenvalue weighted by molar-refractivity contribution is 7.89. The second-order valence-electron chi connectivity index (χ2n) is 5.69. The summed E-state index contributed by atoms with van der Waals surface area (Å²) < 4.78 is 34.4. The molecule has 0 unspecified atom stereocenters. The molecule has 3 rings (SSSR count). The zero-order chi connectivity index (χ0) is 16.4. The SMILES string of the molecule is CO[C@@H]1CCN(S(=O)(=O)c2cn(C)cn2)[C@@H]1Cc1cccnc1. The first-order valence-corrected chi connectivity index (χ1v) is 8.88. The van der Waals surface area contributed by atoms with Crippen LogP contribution in [0.15, 0.2) is 42.1 Å². The number of methoxy groups -OCH3 is 1. The van der Waals surface area contributed by atoms with E-state index in [9.17, 15) is 8.42 Å². The van der Waals surface area contributed by atoms with Crippen LogP contribution < -0.4 is 0 Å². The van der Waals surface area contributed by atoms with Crippen molar-refractivity contribution >= 4 is 10.0 Å². The normalized spacial score (nSPS) is 22.5. The summed E-state index contributed by atoms with van der Waals surface area (Å²) in [5, 5.41) is 0.0768. The number of aromatic nitrogens is 3. The van der Waals surface area contributed by atoms with E-state index in [0.717, 1.165) is 5.56 Å². The first-order chi connectivity index (χ1) is 11.0. The molecule has 23 heavy (non-hydrogen) atoms. The lowest BCUT2D eigenvalue weighted by Gasteiger charge is -2.26. The minimum absolute atomic E-state index is 0.0768. The van der Waals surface area contributed by atoms with Crippen molar-refractivity contribution in [1.29, 1.82) is 0 Å². The molecule has 124 valence electrons. The zero-order valence-electron chi connectivity index (χ0n) is 13.2. The zero-order valence-corrected chi connectivity index (χ0v) is 14.0. The molecule has 1 saturated heterocycles. The van der Waals surface area contributed by atoms with Gasteiger partial charge in [-0.25, -0.2) is 13.4 Å². The smallest absolute Gasteiger partial charge is 0.262 e. The quantitative estimate of drug-likeness (QED) is 0.808. The Kier molecular flexibility index (Phi) is 4.47. The van der Waals surface area contributed by atoms with Crippen molar-refractivity contribution in [3.05, 3.63) is 42.6 Å². The van der Waals surface area contributed by atoms with Gasteiger partial charge < -0.3 is 9.30 Å². The van der Waals surface area contributed by atoms with E-state index in [-0.39, 0.29) is 17.2 Å². The Morgan fingerprint density at radius 1 is 1.43 bits per heavy atom. The van der Waals surface area contributed by atoms with E-state index in [2.05, 4.69) is 9.97 Å². The van der Waals surface area contributed by atoms with E-state index in [1.54, 1.807) is 31.1 Å². The molecule has 2 atom stereocenters. The molecule has 0 aromatic carbocycles. The molecule has 0 saturated carbocycles. The Labute approximate surface area is 136 Å². The summed E-state index contributed by atoms with van der Waals surface area (Å²) in [5.41, 5.74) is 0.989. The maximum absolute atomic E-state index is 12.9. The van der Waals surface area contributed by atoms with Crippen LogP contribution >= 0.6 is 0 Å². The summed E-state index contributed by atoms with van der Waals surface area (Å²) in [5.74, 6) is 0. The first-order valence-electron chi connectivity index (χ1n) is 7.44. The van der Waals surface area contributed by atoms with Gasteiger partial charge in [-0.2, -0.15) is 4.31 Å². The van der Waals surface area contributed by atoms with Crippen LogP contribution in [0.2, 0.25) is 0 Å². The summed E-state index contributed by atoms with van der Waals surface area (Å²) in [7, 11) is -0.255. The number of rotatable bonds is 5. The van der Waals surface area contributed by atoms with E-state index in [4.69, 9.17) is 4.74 Å². The number of hydrogen-bond acceptors (Lipinski definition) is 5. The van der Waals surface area contributed by atoms with E-state index in [1.807, 2.05) is 12.1 Å². The van der Waals surface area contributed by atoms with Crippen LogP contribution in [-0.2, 0) is 28.2 Å². The van der Waals surface area contributed by atoms with Crippen LogP contribution in [0.25, 0.3) is 0 Å². The molecule has 7 nitrogen and oxygen atoms in total. The maximum atomic E-state index is 12.9. The highest BCUT2D eigenvalue weighted by Crippen LogP contribution is 2.29. The van der Waals surface area contributed by atoms with Crippen molar-refractivity contribution in [2.45, 2.75) is 30.0 Å². The van der Waals surface area contributed by atoms with Crippen LogP contribution in [0.5, 0.6) is 0 Å². The van der Waals surface area contributed by atoms with E-state index in [1.165, 1.54) is 16.8 Å². The standard InChI is InChI=1S/C15H20N4O3S/c1-18-10-15(17-11-18)23(20,21)19-7-5-14(22-2)13(19)8-12-4-3-6-16-9-12/h3-4,6,9-11,13-14H,5,7-8H2,1-2H3/t13-,14-/m1/s1. The van der Waals surface area contributed by atoms with Gasteiger partial charge in [0.1, 0.15) is 0 Å². The molecule has 0 N–H and O–H groups in total. The van der Waals surface area contributed by atoms with Crippen molar-refractivity contribution in [2.75, 3.05) is 13.7 Å². The molecule has 8 heteroatoms. The van der Waals surface area contributed by atoms with E-state index < -0.39 is 10.0 Å². The average Bonchev–Trinajstić information content (AvgIpc) is 3.15. The van der Waals surface area contributed by atoms with Gasteiger partial charge in [0, 0.05) is 39.3 Å². The molecule has 0 spiro atoms. The lowest BCUT2D eigenvalue weighted by molar-refractivity contribution is 0.0809. The third-order valence-corrected chi connectivity index (χ3v) is 5.97. The summed E-state index contributed by atoms with van der Waals surface area (Å²) in [6.45, 7) is 0.433. The third kappa shape index (κ3) is 3.15. The molecule has 1 aliphatic heterocycles. The highest BCUT2D eigenvalue weighted by atomic mass is 32.2. The van der Waals surface area contributed by atoms with Crippen LogP contribution in [-0.4, -0.2) is 53.1 Å². The van der Waals surface area contributed by atoms with Gasteiger partial charge in [-0.3, -0.25) is 4.98 Å². The Bertz CT molecular complexity index is 760. The number of hydrogen-bond donors (Lipinski definition) is 0. The molecule has 0 bridgehead atoms.